The summed E-state index contributed by atoms with van der Waals surface area (Å²) in [6, 6.07) is 20.4. The number of nitrogens with one attached hydrogen (secondary N) is 2. The fourth-order valence-corrected chi connectivity index (χ4v) is 4.36. The van der Waals surface area contributed by atoms with Crippen LogP contribution in [0.15, 0.2) is 82.8 Å². The maximum Gasteiger partial charge on any atom is 0.261 e. The summed E-state index contributed by atoms with van der Waals surface area (Å²) in [5.41, 5.74) is 4.53. The molecule has 8 heteroatoms. The van der Waals surface area contributed by atoms with Crippen LogP contribution in [0.25, 0.3) is 0 Å². The molecule has 3 aromatic rings. The first-order chi connectivity index (χ1) is 15.3. The van der Waals surface area contributed by atoms with E-state index in [1.807, 2.05) is 31.0 Å². The van der Waals surface area contributed by atoms with Crippen molar-refractivity contribution in [2.24, 2.45) is 5.10 Å². The minimum Gasteiger partial charge on any atom is -0.322 e. The number of sulfonamides is 1. The van der Waals surface area contributed by atoms with Crippen molar-refractivity contribution in [1.29, 1.82) is 0 Å². The van der Waals surface area contributed by atoms with Gasteiger partial charge in [-0.05, 0) is 74.5 Å². The molecule has 0 radical (unpaired) electrons. The highest BCUT2D eigenvalue weighted by molar-refractivity contribution is 7.92. The normalized spacial score (nSPS) is 13.6. The third-order valence-electron chi connectivity index (χ3n) is 5.13. The molecule has 0 aliphatic carbocycles. The number of anilines is 3. The molecule has 0 fully saturated rings. The molecule has 0 bridgehead atoms. The van der Waals surface area contributed by atoms with Gasteiger partial charge in [0.05, 0.1) is 10.6 Å². The topological polar surface area (TPSA) is 90.9 Å². The van der Waals surface area contributed by atoms with E-state index in [4.69, 9.17) is 0 Å². The molecule has 32 heavy (non-hydrogen) atoms. The molecule has 2 N–H and O–H groups in total. The highest BCUT2D eigenvalue weighted by Gasteiger charge is 2.15. The van der Waals surface area contributed by atoms with Crippen LogP contribution in [0.5, 0.6) is 0 Å². The molecular weight excluding hydrogens is 424 g/mol. The fourth-order valence-electron chi connectivity index (χ4n) is 3.30. The van der Waals surface area contributed by atoms with E-state index < -0.39 is 10.0 Å². The first kappa shape index (κ1) is 21.6. The van der Waals surface area contributed by atoms with Gasteiger partial charge in [-0.1, -0.05) is 17.7 Å². The first-order valence-electron chi connectivity index (χ1n) is 10.2. The summed E-state index contributed by atoms with van der Waals surface area (Å²) in [5.74, 6) is -0.245. The van der Waals surface area contributed by atoms with Gasteiger partial charge in [-0.2, -0.15) is 5.10 Å². The average molecular weight is 449 g/mol. The maximum absolute atomic E-state index is 12.6. The van der Waals surface area contributed by atoms with Crippen LogP contribution < -0.4 is 15.0 Å². The number of hydrogen-bond acceptors (Lipinski definition) is 5. The zero-order valence-corrected chi connectivity index (χ0v) is 18.7. The molecule has 1 heterocycles. The molecule has 4 rings (SSSR count). The fraction of sp³-hybridized carbons (Fsp3) is 0.167. The van der Waals surface area contributed by atoms with Crippen molar-refractivity contribution in [2.45, 2.75) is 25.2 Å². The average Bonchev–Trinajstić information content (AvgIpc) is 3.21. The number of benzene rings is 3. The van der Waals surface area contributed by atoms with Gasteiger partial charge in [0, 0.05) is 35.6 Å². The monoisotopic (exact) mass is 448 g/mol. The molecule has 0 spiro atoms. The Hall–Kier alpha value is -3.65. The number of carbonyl (C=O) groups is 1. The Morgan fingerprint density at radius 1 is 0.875 bits per heavy atom. The van der Waals surface area contributed by atoms with Crippen molar-refractivity contribution in [3.05, 3.63) is 83.9 Å². The van der Waals surface area contributed by atoms with Crippen molar-refractivity contribution in [2.75, 3.05) is 21.6 Å². The van der Waals surface area contributed by atoms with Gasteiger partial charge in [0.1, 0.15) is 0 Å². The summed E-state index contributed by atoms with van der Waals surface area (Å²) in [6.45, 7) is 4.74. The first-order valence-corrected chi connectivity index (χ1v) is 11.7. The van der Waals surface area contributed by atoms with Gasteiger partial charge < -0.3 is 5.32 Å². The van der Waals surface area contributed by atoms with Crippen molar-refractivity contribution in [3.63, 3.8) is 0 Å². The molecule has 1 amide bonds. The number of aryl methyl sites for hydroxylation is 1. The van der Waals surface area contributed by atoms with E-state index in [0.717, 1.165) is 29.9 Å². The Bertz CT molecular complexity index is 1250. The lowest BCUT2D eigenvalue weighted by atomic mass is 10.2. The second-order valence-electron chi connectivity index (χ2n) is 7.71. The van der Waals surface area contributed by atoms with Crippen molar-refractivity contribution < 1.29 is 13.2 Å². The highest BCUT2D eigenvalue weighted by Crippen LogP contribution is 2.22. The molecule has 1 aliphatic rings. The molecule has 0 unspecified atom stereocenters. The van der Waals surface area contributed by atoms with Gasteiger partial charge in [-0.3, -0.25) is 14.5 Å². The molecular formula is C24H24N4O3S. The zero-order valence-electron chi connectivity index (χ0n) is 17.9. The summed E-state index contributed by atoms with van der Waals surface area (Å²) in [7, 11) is -3.67. The second kappa shape index (κ2) is 8.84. The molecule has 0 saturated heterocycles. The lowest BCUT2D eigenvalue weighted by molar-refractivity contribution is 0.102. The van der Waals surface area contributed by atoms with Gasteiger partial charge in [0.2, 0.25) is 0 Å². The number of nitrogens with zero attached hydrogens (tertiary/aromatic N) is 2. The Morgan fingerprint density at radius 3 is 2.09 bits per heavy atom. The van der Waals surface area contributed by atoms with Crippen LogP contribution in [0.3, 0.4) is 0 Å². The number of hydrogen-bond donors (Lipinski definition) is 2. The lowest BCUT2D eigenvalue weighted by Crippen LogP contribution is -2.14. The van der Waals surface area contributed by atoms with Crippen molar-refractivity contribution in [3.8, 4) is 0 Å². The lowest BCUT2D eigenvalue weighted by Gasteiger charge is -2.14. The Labute approximate surface area is 187 Å². The van der Waals surface area contributed by atoms with E-state index in [9.17, 15) is 13.2 Å². The van der Waals surface area contributed by atoms with Crippen LogP contribution in [0.2, 0.25) is 0 Å². The maximum atomic E-state index is 12.6. The van der Waals surface area contributed by atoms with Crippen LogP contribution in [0, 0.1) is 6.92 Å². The Kier molecular flexibility index (Phi) is 5.96. The predicted molar refractivity (Wildman–Crippen MR) is 128 cm³/mol. The molecule has 3 aromatic carbocycles. The second-order valence-corrected chi connectivity index (χ2v) is 9.39. The smallest absolute Gasteiger partial charge is 0.261 e. The summed E-state index contributed by atoms with van der Waals surface area (Å²) >= 11 is 0. The van der Waals surface area contributed by atoms with Crippen molar-refractivity contribution in [1.82, 2.24) is 0 Å². The molecule has 0 aromatic heterocycles. The third kappa shape index (κ3) is 4.97. The van der Waals surface area contributed by atoms with E-state index in [-0.39, 0.29) is 10.8 Å². The van der Waals surface area contributed by atoms with E-state index in [1.54, 1.807) is 60.7 Å². The van der Waals surface area contributed by atoms with E-state index in [0.29, 0.717) is 16.9 Å². The van der Waals surface area contributed by atoms with Gasteiger partial charge in [-0.25, -0.2) is 8.42 Å². The number of rotatable bonds is 6. The zero-order chi connectivity index (χ0) is 22.7. The number of amides is 1. The molecule has 0 saturated carbocycles. The van der Waals surface area contributed by atoms with Gasteiger partial charge in [0.25, 0.3) is 15.9 Å². The highest BCUT2D eigenvalue weighted by atomic mass is 32.2. The van der Waals surface area contributed by atoms with Crippen LogP contribution in [0.1, 0.15) is 29.3 Å². The van der Waals surface area contributed by atoms with E-state index in [1.165, 1.54) is 0 Å². The van der Waals surface area contributed by atoms with Crippen LogP contribution in [-0.4, -0.2) is 26.6 Å². The predicted octanol–water partition coefficient (Wildman–Crippen LogP) is 4.63. The van der Waals surface area contributed by atoms with Gasteiger partial charge >= 0.3 is 0 Å². The summed E-state index contributed by atoms with van der Waals surface area (Å²) in [4.78, 5) is 12.8. The van der Waals surface area contributed by atoms with Crippen LogP contribution in [-0.2, 0) is 10.0 Å². The number of carbonyl (C=O) groups excluding carboxylic acids is 1. The molecule has 7 nitrogen and oxygen atoms in total. The largest absolute Gasteiger partial charge is 0.322 e. The molecule has 0 atom stereocenters. The van der Waals surface area contributed by atoms with Gasteiger partial charge in [-0.15, -0.1) is 0 Å². The Morgan fingerprint density at radius 2 is 1.50 bits per heavy atom. The standard InChI is InChI=1S/C24H24N4O3S/c1-17-3-13-23(14-4-17)32(30,31)27-21-9-7-20(8-10-21)25-24(29)19-5-11-22(12-6-19)28-16-15-18(2)26-28/h3-14,27H,15-16H2,1-2H3,(H,25,29). The minimum absolute atomic E-state index is 0.193. The Balaban J connectivity index is 1.39. The summed E-state index contributed by atoms with van der Waals surface area (Å²) in [6.07, 6.45) is 0.944. The SMILES string of the molecule is CC1=NN(c2ccc(C(=O)Nc3ccc(NS(=O)(=O)c4ccc(C)cc4)cc3)cc2)CC1. The minimum atomic E-state index is -3.67. The molecule has 1 aliphatic heterocycles. The van der Waals surface area contributed by atoms with E-state index >= 15 is 0 Å². The molecule has 164 valence electrons. The quantitative estimate of drug-likeness (QED) is 0.575. The van der Waals surface area contributed by atoms with Gasteiger partial charge in [0.15, 0.2) is 0 Å². The summed E-state index contributed by atoms with van der Waals surface area (Å²) < 4.78 is 27.6. The van der Waals surface area contributed by atoms with Crippen molar-refractivity contribution >= 4 is 38.7 Å². The third-order valence-corrected chi connectivity index (χ3v) is 6.53. The van der Waals surface area contributed by atoms with Crippen LogP contribution >= 0.6 is 0 Å². The van der Waals surface area contributed by atoms with Crippen LogP contribution in [0.4, 0.5) is 17.1 Å². The summed E-state index contributed by atoms with van der Waals surface area (Å²) in [5, 5.41) is 9.21. The number of hydrazone groups is 1. The van der Waals surface area contributed by atoms with E-state index in [2.05, 4.69) is 15.1 Å².